The van der Waals surface area contributed by atoms with Gasteiger partial charge >= 0.3 is 5.97 Å². The van der Waals surface area contributed by atoms with Gasteiger partial charge in [-0.1, -0.05) is 13.8 Å². The Balaban J connectivity index is 3.19. The van der Waals surface area contributed by atoms with Gasteiger partial charge < -0.3 is 9.64 Å². The van der Waals surface area contributed by atoms with Gasteiger partial charge in [-0.3, -0.25) is 29.8 Å². The van der Waals surface area contributed by atoms with Crippen LogP contribution in [0.25, 0.3) is 0 Å². The van der Waals surface area contributed by atoms with Crippen molar-refractivity contribution in [2.24, 2.45) is 5.92 Å². The second-order valence-electron chi connectivity index (χ2n) is 5.72. The van der Waals surface area contributed by atoms with Crippen LogP contribution in [-0.4, -0.2) is 46.8 Å². The molecule has 25 heavy (non-hydrogen) atoms. The maximum absolute atomic E-state index is 12.7. The van der Waals surface area contributed by atoms with Crippen LogP contribution in [-0.2, 0) is 9.53 Å². The van der Waals surface area contributed by atoms with Crippen LogP contribution in [0.5, 0.6) is 0 Å². The molecule has 0 atom stereocenters. The molecule has 0 aliphatic heterocycles. The monoisotopic (exact) mass is 353 g/mol. The van der Waals surface area contributed by atoms with Crippen molar-refractivity contribution in [1.82, 2.24) is 4.90 Å². The lowest BCUT2D eigenvalue weighted by atomic mass is 10.1. The Bertz CT molecular complexity index is 655. The molecule has 0 aliphatic rings. The third-order valence-corrected chi connectivity index (χ3v) is 3.26. The number of methoxy groups -OCH3 is 1. The van der Waals surface area contributed by atoms with Gasteiger partial charge in [0.1, 0.15) is 0 Å². The minimum absolute atomic E-state index is 0.0418. The lowest BCUT2D eigenvalue weighted by Crippen LogP contribution is -2.36. The van der Waals surface area contributed by atoms with E-state index in [0.717, 1.165) is 18.2 Å². The number of hydrogen-bond donors (Lipinski definition) is 0. The summed E-state index contributed by atoms with van der Waals surface area (Å²) in [5.41, 5.74) is -1.27. The molecule has 10 nitrogen and oxygen atoms in total. The van der Waals surface area contributed by atoms with E-state index >= 15 is 0 Å². The summed E-state index contributed by atoms with van der Waals surface area (Å²) >= 11 is 0. The number of amides is 1. The summed E-state index contributed by atoms with van der Waals surface area (Å²) in [5.74, 6) is -1.06. The molecule has 0 heterocycles. The van der Waals surface area contributed by atoms with Crippen LogP contribution in [0.1, 0.15) is 30.6 Å². The second kappa shape index (κ2) is 8.71. The van der Waals surface area contributed by atoms with Gasteiger partial charge in [-0.15, -0.1) is 0 Å². The van der Waals surface area contributed by atoms with E-state index in [1.54, 1.807) is 0 Å². The van der Waals surface area contributed by atoms with Crippen LogP contribution in [0.4, 0.5) is 11.4 Å². The highest BCUT2D eigenvalue weighted by Crippen LogP contribution is 2.24. The van der Waals surface area contributed by atoms with Gasteiger partial charge in [0, 0.05) is 25.2 Å². The van der Waals surface area contributed by atoms with E-state index in [1.807, 2.05) is 13.8 Å². The molecule has 1 rings (SSSR count). The standard InChI is InChI=1S/C15H19N3O7/c1-10(2)9-16(5-4-14(19)25-3)15(20)11-6-12(17(21)22)8-13(7-11)18(23)24/h6-8,10H,4-5,9H2,1-3H3. The molecule has 1 amide bonds. The largest absolute Gasteiger partial charge is 0.469 e. The number of nitrogens with zero attached hydrogens (tertiary/aromatic N) is 3. The lowest BCUT2D eigenvalue weighted by molar-refractivity contribution is -0.394. The van der Waals surface area contributed by atoms with E-state index < -0.39 is 33.1 Å². The summed E-state index contributed by atoms with van der Waals surface area (Å²) in [6, 6.07) is 2.76. The molecule has 0 N–H and O–H groups in total. The fourth-order valence-corrected chi connectivity index (χ4v) is 2.16. The number of hydrogen-bond acceptors (Lipinski definition) is 7. The highest BCUT2D eigenvalue weighted by Gasteiger charge is 2.24. The first-order valence-corrected chi connectivity index (χ1v) is 7.45. The Kier molecular flexibility index (Phi) is 6.97. The van der Waals surface area contributed by atoms with Crippen LogP contribution >= 0.6 is 0 Å². The summed E-state index contributed by atoms with van der Waals surface area (Å²) in [6.45, 7) is 4.04. The van der Waals surface area contributed by atoms with Crippen LogP contribution in [0, 0.1) is 26.1 Å². The van der Waals surface area contributed by atoms with E-state index in [-0.39, 0.29) is 31.0 Å². The molecule has 0 unspecified atom stereocenters. The van der Waals surface area contributed by atoms with Crippen molar-refractivity contribution in [3.8, 4) is 0 Å². The van der Waals surface area contributed by atoms with Crippen LogP contribution < -0.4 is 0 Å². The molecule has 1 aromatic carbocycles. The minimum Gasteiger partial charge on any atom is -0.469 e. The number of ether oxygens (including phenoxy) is 1. The van der Waals surface area contributed by atoms with Crippen molar-refractivity contribution in [2.75, 3.05) is 20.2 Å². The van der Waals surface area contributed by atoms with E-state index in [2.05, 4.69) is 4.74 Å². The van der Waals surface area contributed by atoms with Gasteiger partial charge in [-0.25, -0.2) is 0 Å². The average Bonchev–Trinajstić information content (AvgIpc) is 2.56. The molecule has 0 saturated heterocycles. The zero-order valence-corrected chi connectivity index (χ0v) is 14.1. The fourth-order valence-electron chi connectivity index (χ4n) is 2.16. The molecule has 0 spiro atoms. The van der Waals surface area contributed by atoms with Crippen molar-refractivity contribution in [3.63, 3.8) is 0 Å². The molecule has 0 aliphatic carbocycles. The van der Waals surface area contributed by atoms with Gasteiger partial charge in [-0.05, 0) is 5.92 Å². The number of rotatable bonds is 8. The number of non-ortho nitro benzene ring substituents is 2. The van der Waals surface area contributed by atoms with Crippen molar-refractivity contribution in [2.45, 2.75) is 20.3 Å². The normalized spacial score (nSPS) is 10.4. The van der Waals surface area contributed by atoms with Crippen molar-refractivity contribution in [3.05, 3.63) is 44.0 Å². The van der Waals surface area contributed by atoms with Crippen LogP contribution in [0.2, 0.25) is 0 Å². The van der Waals surface area contributed by atoms with Gasteiger partial charge in [-0.2, -0.15) is 0 Å². The predicted molar refractivity (Wildman–Crippen MR) is 87.1 cm³/mol. The van der Waals surface area contributed by atoms with Gasteiger partial charge in [0.25, 0.3) is 17.3 Å². The van der Waals surface area contributed by atoms with Crippen molar-refractivity contribution in [1.29, 1.82) is 0 Å². The van der Waals surface area contributed by atoms with Crippen molar-refractivity contribution < 1.29 is 24.2 Å². The third-order valence-electron chi connectivity index (χ3n) is 3.26. The Morgan fingerprint density at radius 2 is 1.64 bits per heavy atom. The number of benzene rings is 1. The van der Waals surface area contributed by atoms with E-state index in [9.17, 15) is 29.8 Å². The highest BCUT2D eigenvalue weighted by molar-refractivity contribution is 5.95. The summed E-state index contributed by atoms with van der Waals surface area (Å²) < 4.78 is 4.54. The first kappa shape index (κ1) is 20.0. The van der Waals surface area contributed by atoms with E-state index in [0.29, 0.717) is 0 Å². The third kappa shape index (κ3) is 5.83. The summed E-state index contributed by atoms with van der Waals surface area (Å²) in [4.78, 5) is 45.6. The van der Waals surface area contributed by atoms with Crippen molar-refractivity contribution >= 4 is 23.3 Å². The molecule has 136 valence electrons. The zero-order chi connectivity index (χ0) is 19.1. The Hall–Kier alpha value is -3.04. The number of carbonyl (C=O) groups is 2. The molecule has 0 bridgehead atoms. The quantitative estimate of drug-likeness (QED) is 0.397. The van der Waals surface area contributed by atoms with Gasteiger partial charge in [0.2, 0.25) is 0 Å². The second-order valence-corrected chi connectivity index (χ2v) is 5.72. The SMILES string of the molecule is COC(=O)CCN(CC(C)C)C(=O)c1cc([N+](=O)[O-])cc([N+](=O)[O-])c1. The summed E-state index contributed by atoms with van der Waals surface area (Å²) in [7, 11) is 1.22. The maximum atomic E-state index is 12.7. The summed E-state index contributed by atoms with van der Waals surface area (Å²) in [5, 5.41) is 21.9. The smallest absolute Gasteiger partial charge is 0.307 e. The molecule has 10 heteroatoms. The number of esters is 1. The topological polar surface area (TPSA) is 133 Å². The van der Waals surface area contributed by atoms with Gasteiger partial charge in [0.05, 0.1) is 35.0 Å². The predicted octanol–water partition coefficient (Wildman–Crippen LogP) is 2.16. The molecular weight excluding hydrogens is 334 g/mol. The Morgan fingerprint density at radius 1 is 1.12 bits per heavy atom. The highest BCUT2D eigenvalue weighted by atomic mass is 16.6. The molecular formula is C15H19N3O7. The molecule has 0 fully saturated rings. The number of carbonyl (C=O) groups excluding carboxylic acids is 2. The van der Waals surface area contributed by atoms with E-state index in [1.165, 1.54) is 12.0 Å². The minimum atomic E-state index is -0.801. The fraction of sp³-hybridized carbons (Fsp3) is 0.467. The Morgan fingerprint density at radius 3 is 2.04 bits per heavy atom. The maximum Gasteiger partial charge on any atom is 0.307 e. The lowest BCUT2D eigenvalue weighted by Gasteiger charge is -2.24. The first-order chi connectivity index (χ1) is 11.6. The number of nitro groups is 2. The molecule has 0 radical (unpaired) electrons. The zero-order valence-electron chi connectivity index (χ0n) is 14.1. The molecule has 1 aromatic rings. The summed E-state index contributed by atoms with van der Waals surface area (Å²) in [6.07, 6.45) is -0.0496. The van der Waals surface area contributed by atoms with Crippen LogP contribution in [0.3, 0.4) is 0 Å². The number of nitro benzene ring substituents is 2. The Labute approximate surface area is 143 Å². The van der Waals surface area contributed by atoms with Crippen LogP contribution in [0.15, 0.2) is 18.2 Å². The molecule has 0 saturated carbocycles. The van der Waals surface area contributed by atoms with Gasteiger partial charge in [0.15, 0.2) is 0 Å². The van der Waals surface area contributed by atoms with E-state index in [4.69, 9.17) is 0 Å². The molecule has 0 aromatic heterocycles. The average molecular weight is 353 g/mol. The first-order valence-electron chi connectivity index (χ1n) is 7.45.